The summed E-state index contributed by atoms with van der Waals surface area (Å²) < 4.78 is 5.32. The highest BCUT2D eigenvalue weighted by atomic mass is 16.5. The number of aliphatic hydroxyl groups excluding tert-OH is 1. The number of amides is 1. The molecule has 20 heavy (non-hydrogen) atoms. The molecule has 0 atom stereocenters. The quantitative estimate of drug-likeness (QED) is 0.790. The molecule has 0 aromatic heterocycles. The Kier molecular flexibility index (Phi) is 6.01. The maximum absolute atomic E-state index is 11.6. The topological polar surface area (TPSA) is 82.3 Å². The van der Waals surface area contributed by atoms with E-state index in [0.717, 1.165) is 0 Å². The van der Waals surface area contributed by atoms with Gasteiger partial charge in [-0.1, -0.05) is 13.8 Å². The van der Waals surface area contributed by atoms with Crippen LogP contribution in [0.15, 0.2) is 24.3 Å². The zero-order chi connectivity index (χ0) is 15.0. The van der Waals surface area contributed by atoms with E-state index in [1.165, 1.54) is 0 Å². The maximum Gasteiger partial charge on any atom is 0.257 e. The summed E-state index contributed by atoms with van der Waals surface area (Å²) >= 11 is 0. The van der Waals surface area contributed by atoms with Gasteiger partial charge in [-0.05, 0) is 36.1 Å². The van der Waals surface area contributed by atoms with E-state index in [1.54, 1.807) is 24.3 Å². The molecule has 1 rings (SSSR count). The van der Waals surface area contributed by atoms with Crippen molar-refractivity contribution in [2.75, 3.05) is 19.8 Å². The Labute approximate surface area is 119 Å². The predicted molar refractivity (Wildman–Crippen MR) is 75.1 cm³/mol. The van der Waals surface area contributed by atoms with Crippen LogP contribution in [0.3, 0.4) is 0 Å². The molecule has 1 aromatic rings. The molecule has 0 aliphatic carbocycles. The number of ether oxygens (including phenoxy) is 1. The van der Waals surface area contributed by atoms with Gasteiger partial charge in [0.1, 0.15) is 5.75 Å². The van der Waals surface area contributed by atoms with Crippen LogP contribution in [0.4, 0.5) is 0 Å². The van der Waals surface area contributed by atoms with E-state index >= 15 is 0 Å². The van der Waals surface area contributed by atoms with Crippen molar-refractivity contribution in [1.29, 1.82) is 5.26 Å². The number of carbonyl (C=O) groups excluding carboxylic acids is 1. The highest BCUT2D eigenvalue weighted by Gasteiger charge is 2.18. The summed E-state index contributed by atoms with van der Waals surface area (Å²) in [5.41, 5.74) is 0.409. The van der Waals surface area contributed by atoms with Gasteiger partial charge in [-0.2, -0.15) is 5.26 Å². The second-order valence-corrected chi connectivity index (χ2v) is 5.34. The monoisotopic (exact) mass is 276 g/mol. The Hall–Kier alpha value is -2.06. The molecule has 0 bridgehead atoms. The highest BCUT2D eigenvalue weighted by molar-refractivity contribution is 5.77. The summed E-state index contributed by atoms with van der Waals surface area (Å²) in [5.74, 6) is 0.342. The summed E-state index contributed by atoms with van der Waals surface area (Å²) in [6, 6.07) is 8.59. The van der Waals surface area contributed by atoms with Gasteiger partial charge in [-0.15, -0.1) is 0 Å². The minimum atomic E-state index is -0.208. The van der Waals surface area contributed by atoms with Crippen LogP contribution in [0.25, 0.3) is 0 Å². The van der Waals surface area contributed by atoms with Gasteiger partial charge < -0.3 is 15.2 Å². The molecule has 0 saturated heterocycles. The van der Waals surface area contributed by atoms with Gasteiger partial charge in [-0.3, -0.25) is 4.79 Å². The van der Waals surface area contributed by atoms with Crippen LogP contribution in [0.5, 0.6) is 5.75 Å². The zero-order valence-corrected chi connectivity index (χ0v) is 11.8. The molecule has 0 radical (unpaired) electrons. The van der Waals surface area contributed by atoms with Crippen LogP contribution in [0.1, 0.15) is 25.8 Å². The molecular formula is C15H20N2O3. The first-order chi connectivity index (χ1) is 9.46. The SMILES string of the molecule is CC(C)(CCO)CNC(=O)COc1ccc(C#N)cc1. The van der Waals surface area contributed by atoms with Gasteiger partial charge in [0, 0.05) is 13.2 Å². The fourth-order valence-electron chi connectivity index (χ4n) is 1.55. The van der Waals surface area contributed by atoms with E-state index in [1.807, 2.05) is 19.9 Å². The molecular weight excluding hydrogens is 256 g/mol. The fraction of sp³-hybridized carbons (Fsp3) is 0.467. The van der Waals surface area contributed by atoms with E-state index in [4.69, 9.17) is 15.1 Å². The third kappa shape index (κ3) is 5.72. The van der Waals surface area contributed by atoms with Crippen molar-refractivity contribution in [3.63, 3.8) is 0 Å². The van der Waals surface area contributed by atoms with Crippen molar-refractivity contribution in [2.45, 2.75) is 20.3 Å². The van der Waals surface area contributed by atoms with Crippen molar-refractivity contribution in [3.05, 3.63) is 29.8 Å². The van der Waals surface area contributed by atoms with E-state index in [-0.39, 0.29) is 24.5 Å². The van der Waals surface area contributed by atoms with Crippen LogP contribution in [-0.4, -0.2) is 30.8 Å². The maximum atomic E-state index is 11.6. The molecule has 0 aliphatic heterocycles. The molecule has 0 fully saturated rings. The van der Waals surface area contributed by atoms with Gasteiger partial charge in [-0.25, -0.2) is 0 Å². The highest BCUT2D eigenvalue weighted by Crippen LogP contribution is 2.17. The normalized spacial score (nSPS) is 10.7. The zero-order valence-electron chi connectivity index (χ0n) is 11.8. The third-order valence-electron chi connectivity index (χ3n) is 2.91. The van der Waals surface area contributed by atoms with E-state index in [0.29, 0.717) is 24.3 Å². The Morgan fingerprint density at radius 1 is 1.40 bits per heavy atom. The number of hydrogen-bond acceptors (Lipinski definition) is 4. The Balaban J connectivity index is 2.34. The largest absolute Gasteiger partial charge is 0.484 e. The molecule has 0 unspecified atom stereocenters. The average Bonchev–Trinajstić information content (AvgIpc) is 2.43. The van der Waals surface area contributed by atoms with Gasteiger partial charge in [0.15, 0.2) is 6.61 Å². The minimum Gasteiger partial charge on any atom is -0.484 e. The average molecular weight is 276 g/mol. The van der Waals surface area contributed by atoms with Crippen molar-refractivity contribution in [3.8, 4) is 11.8 Å². The van der Waals surface area contributed by atoms with Crippen LogP contribution < -0.4 is 10.1 Å². The molecule has 5 heteroatoms. The number of nitriles is 1. The Morgan fingerprint density at radius 3 is 2.60 bits per heavy atom. The van der Waals surface area contributed by atoms with Crippen molar-refractivity contribution < 1.29 is 14.6 Å². The summed E-state index contributed by atoms with van der Waals surface area (Å²) in [4.78, 5) is 11.6. The molecule has 5 nitrogen and oxygen atoms in total. The number of rotatable bonds is 7. The van der Waals surface area contributed by atoms with Gasteiger partial charge in [0.2, 0.25) is 0 Å². The molecule has 108 valence electrons. The fourth-order valence-corrected chi connectivity index (χ4v) is 1.55. The van der Waals surface area contributed by atoms with Crippen LogP contribution in [0, 0.1) is 16.7 Å². The summed E-state index contributed by atoms with van der Waals surface area (Å²) in [7, 11) is 0. The Bertz CT molecular complexity index is 475. The van der Waals surface area contributed by atoms with Crippen LogP contribution in [0.2, 0.25) is 0 Å². The number of nitrogens with one attached hydrogen (secondary N) is 1. The van der Waals surface area contributed by atoms with Crippen molar-refractivity contribution in [2.24, 2.45) is 5.41 Å². The number of benzene rings is 1. The number of hydrogen-bond donors (Lipinski definition) is 2. The van der Waals surface area contributed by atoms with Crippen molar-refractivity contribution in [1.82, 2.24) is 5.32 Å². The molecule has 0 spiro atoms. The minimum absolute atomic E-state index is 0.0683. The molecule has 0 heterocycles. The summed E-state index contributed by atoms with van der Waals surface area (Å²) in [6.07, 6.45) is 0.629. The van der Waals surface area contributed by atoms with E-state index in [9.17, 15) is 4.79 Å². The first-order valence-corrected chi connectivity index (χ1v) is 6.47. The number of carbonyl (C=O) groups is 1. The lowest BCUT2D eigenvalue weighted by atomic mass is 9.90. The van der Waals surface area contributed by atoms with Gasteiger partial charge in [0.25, 0.3) is 5.91 Å². The summed E-state index contributed by atoms with van der Waals surface area (Å²) in [6.45, 7) is 4.48. The lowest BCUT2D eigenvalue weighted by Crippen LogP contribution is -2.37. The second kappa shape index (κ2) is 7.51. The van der Waals surface area contributed by atoms with Gasteiger partial charge >= 0.3 is 0 Å². The lowest BCUT2D eigenvalue weighted by molar-refractivity contribution is -0.123. The Morgan fingerprint density at radius 2 is 2.05 bits per heavy atom. The predicted octanol–water partition coefficient (Wildman–Crippen LogP) is 1.46. The van der Waals surface area contributed by atoms with E-state index < -0.39 is 0 Å². The molecule has 2 N–H and O–H groups in total. The van der Waals surface area contributed by atoms with E-state index in [2.05, 4.69) is 5.32 Å². The molecule has 1 aromatic carbocycles. The first kappa shape index (κ1) is 16.0. The molecule has 1 amide bonds. The van der Waals surface area contributed by atoms with Crippen LogP contribution >= 0.6 is 0 Å². The number of nitrogens with zero attached hydrogens (tertiary/aromatic N) is 1. The third-order valence-corrected chi connectivity index (χ3v) is 2.91. The van der Waals surface area contributed by atoms with Crippen molar-refractivity contribution >= 4 is 5.91 Å². The molecule has 0 saturated carbocycles. The van der Waals surface area contributed by atoms with Crippen LogP contribution in [-0.2, 0) is 4.79 Å². The standard InChI is InChI=1S/C15H20N2O3/c1-15(2,7-8-18)11-17-14(19)10-20-13-5-3-12(9-16)4-6-13/h3-6,18H,7-8,10-11H2,1-2H3,(H,17,19). The van der Waals surface area contributed by atoms with Gasteiger partial charge in [0.05, 0.1) is 11.6 Å². The lowest BCUT2D eigenvalue weighted by Gasteiger charge is -2.23. The molecule has 0 aliphatic rings. The smallest absolute Gasteiger partial charge is 0.257 e. The number of aliphatic hydroxyl groups is 1. The summed E-state index contributed by atoms with van der Waals surface area (Å²) in [5, 5.41) is 20.3. The second-order valence-electron chi connectivity index (χ2n) is 5.34. The first-order valence-electron chi connectivity index (χ1n) is 6.47.